The number of carbonyl (C=O) groups is 1. The smallest absolute Gasteiger partial charge is 0.226 e. The summed E-state index contributed by atoms with van der Waals surface area (Å²) < 4.78 is 5.22. The van der Waals surface area contributed by atoms with Crippen LogP contribution in [0.1, 0.15) is 24.3 Å². The fraction of sp³-hybridized carbons (Fsp3) is 0.300. The maximum Gasteiger partial charge on any atom is 0.226 e. The first kappa shape index (κ1) is 18.7. The monoisotopic (exact) mass is 366 g/mol. The summed E-state index contributed by atoms with van der Waals surface area (Å²) in [6.45, 7) is -0.0984. The maximum atomic E-state index is 12.1. The molecule has 2 heterocycles. The van der Waals surface area contributed by atoms with E-state index in [4.69, 9.17) is 4.52 Å². The highest BCUT2D eigenvalue weighted by atomic mass is 16.5. The summed E-state index contributed by atoms with van der Waals surface area (Å²) >= 11 is 0. The second kappa shape index (κ2) is 9.59. The van der Waals surface area contributed by atoms with E-state index in [0.29, 0.717) is 37.4 Å². The Hall–Kier alpha value is -3.06. The van der Waals surface area contributed by atoms with E-state index in [1.807, 2.05) is 42.5 Å². The van der Waals surface area contributed by atoms with Gasteiger partial charge in [0.15, 0.2) is 0 Å². The molecule has 140 valence electrons. The van der Waals surface area contributed by atoms with Crippen LogP contribution in [0.2, 0.25) is 0 Å². The second-order valence-electron chi connectivity index (χ2n) is 6.24. The van der Waals surface area contributed by atoms with Gasteiger partial charge < -0.3 is 14.9 Å². The predicted molar refractivity (Wildman–Crippen MR) is 99.6 cm³/mol. The number of carbonyl (C=O) groups excluding carboxylic acids is 1. The number of aliphatic hydroxyl groups is 1. The van der Waals surface area contributed by atoms with Crippen LogP contribution in [0.15, 0.2) is 59.4 Å². The van der Waals surface area contributed by atoms with Crippen molar-refractivity contribution in [1.82, 2.24) is 20.4 Å². The SMILES string of the molecule is O=C(CCCc1nc(-c2cccnc2)no1)N[C@H](CO)Cc1ccccc1. The molecule has 1 aromatic carbocycles. The van der Waals surface area contributed by atoms with Gasteiger partial charge in [-0.05, 0) is 30.5 Å². The molecule has 3 rings (SSSR count). The van der Waals surface area contributed by atoms with Crippen LogP contribution in [-0.2, 0) is 17.6 Å². The summed E-state index contributed by atoms with van der Waals surface area (Å²) in [6.07, 6.45) is 5.38. The van der Waals surface area contributed by atoms with E-state index in [1.165, 1.54) is 0 Å². The molecule has 0 saturated carbocycles. The van der Waals surface area contributed by atoms with Crippen LogP contribution in [0.5, 0.6) is 0 Å². The van der Waals surface area contributed by atoms with Gasteiger partial charge in [0.2, 0.25) is 17.6 Å². The van der Waals surface area contributed by atoms with E-state index in [2.05, 4.69) is 20.4 Å². The Morgan fingerprint density at radius 2 is 2.04 bits per heavy atom. The molecule has 0 spiro atoms. The zero-order valence-electron chi connectivity index (χ0n) is 14.9. The zero-order valence-corrected chi connectivity index (χ0v) is 14.9. The molecule has 0 fully saturated rings. The highest BCUT2D eigenvalue weighted by Gasteiger charge is 2.13. The summed E-state index contributed by atoms with van der Waals surface area (Å²) in [5.74, 6) is 0.882. The Morgan fingerprint density at radius 3 is 2.78 bits per heavy atom. The number of rotatable bonds is 9. The molecule has 7 heteroatoms. The highest BCUT2D eigenvalue weighted by Crippen LogP contribution is 2.14. The molecular weight excluding hydrogens is 344 g/mol. The molecule has 0 saturated heterocycles. The molecule has 2 aromatic heterocycles. The lowest BCUT2D eigenvalue weighted by Crippen LogP contribution is -2.39. The van der Waals surface area contributed by atoms with E-state index >= 15 is 0 Å². The van der Waals surface area contributed by atoms with Crippen LogP contribution in [0.4, 0.5) is 0 Å². The van der Waals surface area contributed by atoms with Crippen LogP contribution in [-0.4, -0.2) is 38.8 Å². The lowest BCUT2D eigenvalue weighted by molar-refractivity contribution is -0.122. The van der Waals surface area contributed by atoms with Crippen LogP contribution >= 0.6 is 0 Å². The molecule has 0 aliphatic carbocycles. The van der Waals surface area contributed by atoms with Gasteiger partial charge in [0.1, 0.15) is 0 Å². The molecule has 3 aromatic rings. The number of nitrogens with zero attached hydrogens (tertiary/aromatic N) is 3. The minimum absolute atomic E-state index is 0.0984. The molecule has 0 unspecified atom stereocenters. The van der Waals surface area contributed by atoms with Crippen molar-refractivity contribution in [1.29, 1.82) is 0 Å². The number of aromatic nitrogens is 3. The van der Waals surface area contributed by atoms with Crippen molar-refractivity contribution < 1.29 is 14.4 Å². The first-order chi connectivity index (χ1) is 13.2. The normalized spacial score (nSPS) is 11.9. The largest absolute Gasteiger partial charge is 0.394 e. The van der Waals surface area contributed by atoms with Crippen LogP contribution in [0.3, 0.4) is 0 Å². The van der Waals surface area contributed by atoms with Gasteiger partial charge in [-0.2, -0.15) is 4.98 Å². The van der Waals surface area contributed by atoms with Crippen LogP contribution in [0.25, 0.3) is 11.4 Å². The number of amides is 1. The minimum Gasteiger partial charge on any atom is -0.394 e. The van der Waals surface area contributed by atoms with Crippen molar-refractivity contribution in [3.63, 3.8) is 0 Å². The van der Waals surface area contributed by atoms with Gasteiger partial charge in [-0.15, -0.1) is 0 Å². The summed E-state index contributed by atoms with van der Waals surface area (Å²) in [4.78, 5) is 20.5. The van der Waals surface area contributed by atoms with Crippen LogP contribution in [0, 0.1) is 0 Å². The Morgan fingerprint density at radius 1 is 1.19 bits per heavy atom. The van der Waals surface area contributed by atoms with Crippen molar-refractivity contribution >= 4 is 5.91 Å². The average Bonchev–Trinajstić information content (AvgIpc) is 3.18. The highest BCUT2D eigenvalue weighted by molar-refractivity contribution is 5.76. The number of hydrogen-bond donors (Lipinski definition) is 2. The first-order valence-corrected chi connectivity index (χ1v) is 8.91. The Bertz CT molecular complexity index is 837. The third-order valence-electron chi connectivity index (χ3n) is 4.09. The van der Waals surface area contributed by atoms with Gasteiger partial charge in [0.05, 0.1) is 12.6 Å². The third kappa shape index (κ3) is 5.72. The van der Waals surface area contributed by atoms with E-state index in [-0.39, 0.29) is 18.6 Å². The number of pyridine rings is 1. The first-order valence-electron chi connectivity index (χ1n) is 8.91. The fourth-order valence-corrected chi connectivity index (χ4v) is 2.73. The molecule has 0 radical (unpaired) electrons. The van der Waals surface area contributed by atoms with Gasteiger partial charge >= 0.3 is 0 Å². The molecule has 1 amide bonds. The van der Waals surface area contributed by atoms with E-state index < -0.39 is 0 Å². The van der Waals surface area contributed by atoms with Crippen LogP contribution < -0.4 is 5.32 Å². The Balaban J connectivity index is 1.43. The number of aryl methyl sites for hydroxylation is 1. The van der Waals surface area contributed by atoms with Gasteiger partial charge in [-0.3, -0.25) is 9.78 Å². The summed E-state index contributed by atoms with van der Waals surface area (Å²) in [7, 11) is 0. The summed E-state index contributed by atoms with van der Waals surface area (Å²) in [5.41, 5.74) is 1.86. The van der Waals surface area contributed by atoms with Crippen molar-refractivity contribution in [2.45, 2.75) is 31.7 Å². The zero-order chi connectivity index (χ0) is 18.9. The molecule has 27 heavy (non-hydrogen) atoms. The van der Waals surface area contributed by atoms with Crippen molar-refractivity contribution in [3.8, 4) is 11.4 Å². The average molecular weight is 366 g/mol. The topological polar surface area (TPSA) is 101 Å². The van der Waals surface area contributed by atoms with Gasteiger partial charge in [-0.25, -0.2) is 0 Å². The van der Waals surface area contributed by atoms with Crippen molar-refractivity contribution in [3.05, 3.63) is 66.3 Å². The van der Waals surface area contributed by atoms with Gasteiger partial charge in [-0.1, -0.05) is 35.5 Å². The summed E-state index contributed by atoms with van der Waals surface area (Å²) in [6, 6.07) is 13.1. The fourth-order valence-electron chi connectivity index (χ4n) is 2.73. The maximum absolute atomic E-state index is 12.1. The molecule has 1 atom stereocenters. The minimum atomic E-state index is -0.291. The Labute approximate surface area is 157 Å². The summed E-state index contributed by atoms with van der Waals surface area (Å²) in [5, 5.41) is 16.3. The molecule has 0 aliphatic rings. The lowest BCUT2D eigenvalue weighted by atomic mass is 10.1. The van der Waals surface area contributed by atoms with E-state index in [1.54, 1.807) is 12.4 Å². The van der Waals surface area contributed by atoms with Crippen molar-refractivity contribution in [2.24, 2.45) is 0 Å². The van der Waals surface area contributed by atoms with Gasteiger partial charge in [0.25, 0.3) is 0 Å². The molecule has 0 bridgehead atoms. The molecule has 2 N–H and O–H groups in total. The predicted octanol–water partition coefficient (Wildman–Crippen LogP) is 2.17. The van der Waals surface area contributed by atoms with E-state index in [9.17, 15) is 9.90 Å². The Kier molecular flexibility index (Phi) is 6.65. The third-order valence-corrected chi connectivity index (χ3v) is 4.09. The lowest BCUT2D eigenvalue weighted by Gasteiger charge is -2.16. The van der Waals surface area contributed by atoms with Gasteiger partial charge in [0, 0.05) is 30.8 Å². The van der Waals surface area contributed by atoms with E-state index in [0.717, 1.165) is 11.1 Å². The number of benzene rings is 1. The second-order valence-corrected chi connectivity index (χ2v) is 6.24. The number of aliphatic hydroxyl groups excluding tert-OH is 1. The van der Waals surface area contributed by atoms with Crippen molar-refractivity contribution in [2.75, 3.05) is 6.61 Å². The molecule has 0 aliphatic heterocycles. The number of hydrogen-bond acceptors (Lipinski definition) is 6. The molecular formula is C20H22N4O3. The molecule has 7 nitrogen and oxygen atoms in total. The quantitative estimate of drug-likeness (QED) is 0.602. The number of nitrogens with one attached hydrogen (secondary N) is 1. The standard InChI is InChI=1S/C20H22N4O3/c25-14-17(12-15-6-2-1-3-7-15)22-18(26)9-4-10-19-23-20(24-27-19)16-8-5-11-21-13-16/h1-3,5-8,11,13,17,25H,4,9-10,12,14H2,(H,22,26)/t17-/m0/s1.